The molecular formula is C13H19NO3. The van der Waals surface area contributed by atoms with E-state index in [4.69, 9.17) is 0 Å². The van der Waals surface area contributed by atoms with Gasteiger partial charge in [-0.3, -0.25) is 4.79 Å². The van der Waals surface area contributed by atoms with Crippen LogP contribution >= 0.6 is 0 Å². The van der Waals surface area contributed by atoms with Gasteiger partial charge >= 0.3 is 0 Å². The van der Waals surface area contributed by atoms with Crippen molar-refractivity contribution >= 4 is 5.91 Å². The molecule has 1 atom stereocenters. The number of aromatic hydroxyl groups is 1. The second-order valence-corrected chi connectivity index (χ2v) is 4.42. The minimum absolute atomic E-state index is 0.0104. The van der Waals surface area contributed by atoms with Gasteiger partial charge in [-0.1, -0.05) is 13.8 Å². The van der Waals surface area contributed by atoms with Crippen molar-refractivity contribution in [1.29, 1.82) is 0 Å². The first-order valence-corrected chi connectivity index (χ1v) is 5.65. The summed E-state index contributed by atoms with van der Waals surface area (Å²) in [5, 5.41) is 22.1. The topological polar surface area (TPSA) is 69.6 Å². The average Bonchev–Trinajstić information content (AvgIpc) is 2.27. The lowest BCUT2D eigenvalue weighted by atomic mass is 9.94. The van der Waals surface area contributed by atoms with Crippen LogP contribution in [-0.2, 0) is 0 Å². The van der Waals surface area contributed by atoms with Crippen LogP contribution in [0.4, 0.5) is 0 Å². The fraction of sp³-hybridized carbons (Fsp3) is 0.462. The molecule has 0 aromatic heterocycles. The molecule has 1 unspecified atom stereocenters. The van der Waals surface area contributed by atoms with Crippen molar-refractivity contribution < 1.29 is 15.0 Å². The van der Waals surface area contributed by atoms with E-state index in [1.165, 1.54) is 13.1 Å². The molecular weight excluding hydrogens is 218 g/mol. The highest BCUT2D eigenvalue weighted by molar-refractivity contribution is 5.97. The van der Waals surface area contributed by atoms with Crippen LogP contribution in [0.2, 0.25) is 0 Å². The number of hydrogen-bond donors (Lipinski definition) is 3. The zero-order valence-electron chi connectivity index (χ0n) is 10.6. The van der Waals surface area contributed by atoms with E-state index in [0.717, 1.165) is 0 Å². The van der Waals surface area contributed by atoms with Gasteiger partial charge in [0.25, 0.3) is 5.91 Å². The van der Waals surface area contributed by atoms with Crippen LogP contribution in [0.5, 0.6) is 5.75 Å². The van der Waals surface area contributed by atoms with Gasteiger partial charge in [0.05, 0.1) is 11.7 Å². The van der Waals surface area contributed by atoms with Gasteiger partial charge in [0, 0.05) is 7.05 Å². The summed E-state index contributed by atoms with van der Waals surface area (Å²) in [6, 6.07) is 3.25. The number of carbonyl (C=O) groups is 1. The first-order chi connectivity index (χ1) is 7.88. The number of phenolic OH excluding ortho intramolecular Hbond substituents is 1. The molecule has 0 fully saturated rings. The van der Waals surface area contributed by atoms with Crippen LogP contribution < -0.4 is 5.32 Å². The molecule has 0 saturated heterocycles. The zero-order valence-corrected chi connectivity index (χ0v) is 10.6. The predicted molar refractivity (Wildman–Crippen MR) is 66.2 cm³/mol. The fourth-order valence-electron chi connectivity index (χ4n) is 1.67. The molecule has 0 heterocycles. The molecule has 0 saturated carbocycles. The van der Waals surface area contributed by atoms with Gasteiger partial charge in [-0.05, 0) is 36.1 Å². The Labute approximate surface area is 101 Å². The number of phenols is 1. The Kier molecular flexibility index (Phi) is 4.12. The molecule has 1 aromatic rings. The first kappa shape index (κ1) is 13.5. The van der Waals surface area contributed by atoms with Crippen LogP contribution in [-0.4, -0.2) is 23.2 Å². The van der Waals surface area contributed by atoms with Crippen molar-refractivity contribution in [2.24, 2.45) is 0 Å². The summed E-state index contributed by atoms with van der Waals surface area (Å²) < 4.78 is 0. The molecule has 4 nitrogen and oxygen atoms in total. The predicted octanol–water partition coefficient (Wildman–Crippen LogP) is 1.93. The van der Waals surface area contributed by atoms with Crippen LogP contribution in [0.15, 0.2) is 12.1 Å². The maximum absolute atomic E-state index is 11.6. The monoisotopic (exact) mass is 237 g/mol. The molecule has 4 heteroatoms. The van der Waals surface area contributed by atoms with Crippen molar-refractivity contribution in [2.75, 3.05) is 7.05 Å². The van der Waals surface area contributed by atoms with Crippen LogP contribution in [0.3, 0.4) is 0 Å². The Morgan fingerprint density at radius 1 is 1.29 bits per heavy atom. The SMILES string of the molecule is CNC(=O)c1cc(C(C)O)cc(C(C)C)c1O. The maximum atomic E-state index is 11.6. The molecule has 0 aliphatic heterocycles. The van der Waals surface area contributed by atoms with Crippen molar-refractivity contribution in [1.82, 2.24) is 5.32 Å². The first-order valence-electron chi connectivity index (χ1n) is 5.65. The summed E-state index contributed by atoms with van der Waals surface area (Å²) in [4.78, 5) is 11.6. The van der Waals surface area contributed by atoms with E-state index in [1.54, 1.807) is 13.0 Å². The summed E-state index contributed by atoms with van der Waals surface area (Å²) >= 11 is 0. The summed E-state index contributed by atoms with van der Waals surface area (Å²) in [5.74, 6) is -0.284. The highest BCUT2D eigenvalue weighted by Crippen LogP contribution is 2.32. The number of amides is 1. The number of aliphatic hydroxyl groups excluding tert-OH is 1. The van der Waals surface area contributed by atoms with E-state index in [-0.39, 0.29) is 23.1 Å². The van der Waals surface area contributed by atoms with Gasteiger partial charge in [-0.2, -0.15) is 0 Å². The molecule has 0 aliphatic carbocycles. The largest absolute Gasteiger partial charge is 0.507 e. The number of rotatable bonds is 3. The number of hydrogen-bond acceptors (Lipinski definition) is 3. The highest BCUT2D eigenvalue weighted by atomic mass is 16.3. The molecule has 0 radical (unpaired) electrons. The van der Waals surface area contributed by atoms with Gasteiger partial charge in [0.2, 0.25) is 0 Å². The maximum Gasteiger partial charge on any atom is 0.254 e. The van der Waals surface area contributed by atoms with Crippen LogP contribution in [0, 0.1) is 0 Å². The molecule has 17 heavy (non-hydrogen) atoms. The summed E-state index contributed by atoms with van der Waals surface area (Å²) in [6.45, 7) is 5.48. The van der Waals surface area contributed by atoms with E-state index in [9.17, 15) is 15.0 Å². The number of nitrogens with one attached hydrogen (secondary N) is 1. The minimum Gasteiger partial charge on any atom is -0.507 e. The Morgan fingerprint density at radius 2 is 1.88 bits per heavy atom. The molecule has 94 valence electrons. The normalized spacial score (nSPS) is 12.6. The molecule has 1 amide bonds. The van der Waals surface area contributed by atoms with Crippen molar-refractivity contribution in [3.05, 3.63) is 28.8 Å². The quantitative estimate of drug-likeness (QED) is 0.752. The van der Waals surface area contributed by atoms with Crippen molar-refractivity contribution in [2.45, 2.75) is 32.8 Å². The fourth-order valence-corrected chi connectivity index (χ4v) is 1.67. The van der Waals surface area contributed by atoms with Crippen LogP contribution in [0.25, 0.3) is 0 Å². The van der Waals surface area contributed by atoms with Gasteiger partial charge in [-0.25, -0.2) is 0 Å². The summed E-state index contributed by atoms with van der Waals surface area (Å²) in [7, 11) is 1.51. The molecule has 0 aliphatic rings. The van der Waals surface area contributed by atoms with Gasteiger partial charge < -0.3 is 15.5 Å². The molecule has 0 spiro atoms. The zero-order chi connectivity index (χ0) is 13.2. The van der Waals surface area contributed by atoms with Crippen molar-refractivity contribution in [3.8, 4) is 5.75 Å². The number of aliphatic hydroxyl groups is 1. The Hall–Kier alpha value is -1.55. The van der Waals surface area contributed by atoms with Gasteiger partial charge in [0.1, 0.15) is 5.75 Å². The van der Waals surface area contributed by atoms with Gasteiger partial charge in [0.15, 0.2) is 0 Å². The molecule has 1 aromatic carbocycles. The highest BCUT2D eigenvalue weighted by Gasteiger charge is 2.18. The summed E-state index contributed by atoms with van der Waals surface area (Å²) in [5.41, 5.74) is 1.50. The van der Waals surface area contributed by atoms with E-state index in [1.807, 2.05) is 13.8 Å². The van der Waals surface area contributed by atoms with E-state index in [0.29, 0.717) is 11.1 Å². The van der Waals surface area contributed by atoms with Crippen LogP contribution in [0.1, 0.15) is 54.3 Å². The van der Waals surface area contributed by atoms with Gasteiger partial charge in [-0.15, -0.1) is 0 Å². The second-order valence-electron chi connectivity index (χ2n) is 4.42. The lowest BCUT2D eigenvalue weighted by Gasteiger charge is -2.15. The smallest absolute Gasteiger partial charge is 0.254 e. The molecule has 0 bridgehead atoms. The van der Waals surface area contributed by atoms with Crippen molar-refractivity contribution in [3.63, 3.8) is 0 Å². The van der Waals surface area contributed by atoms with E-state index < -0.39 is 6.10 Å². The number of benzene rings is 1. The second kappa shape index (κ2) is 5.19. The Morgan fingerprint density at radius 3 is 2.29 bits per heavy atom. The van der Waals surface area contributed by atoms with E-state index in [2.05, 4.69) is 5.32 Å². The molecule has 3 N–H and O–H groups in total. The Bertz CT molecular complexity index is 425. The number of carbonyl (C=O) groups excluding carboxylic acids is 1. The third-order valence-electron chi connectivity index (χ3n) is 2.74. The minimum atomic E-state index is -0.670. The molecule has 1 rings (SSSR count). The Balaban J connectivity index is 3.43. The lowest BCUT2D eigenvalue weighted by molar-refractivity contribution is 0.0960. The summed E-state index contributed by atoms with van der Waals surface area (Å²) in [6.07, 6.45) is -0.670. The average molecular weight is 237 g/mol. The van der Waals surface area contributed by atoms with E-state index >= 15 is 0 Å². The lowest BCUT2D eigenvalue weighted by Crippen LogP contribution is -2.19. The third-order valence-corrected chi connectivity index (χ3v) is 2.74. The third kappa shape index (κ3) is 2.77. The standard InChI is InChI=1S/C13H19NO3/c1-7(2)10-5-9(8(3)15)6-11(12(10)16)13(17)14-4/h5-8,15-16H,1-4H3,(H,14,17).